The average Bonchev–Trinajstić information content (AvgIpc) is 2.99. The van der Waals surface area contributed by atoms with Crippen LogP contribution in [0.2, 0.25) is 0 Å². The van der Waals surface area contributed by atoms with E-state index < -0.39 is 0 Å². The third-order valence-corrected chi connectivity index (χ3v) is 3.04. The molecule has 0 bridgehead atoms. The first-order valence-corrected chi connectivity index (χ1v) is 7.31. The van der Waals surface area contributed by atoms with E-state index in [-0.39, 0.29) is 0 Å². The molecule has 0 spiro atoms. The maximum atomic E-state index is 4.50. The van der Waals surface area contributed by atoms with Crippen LogP contribution >= 0.6 is 0 Å². The molecule has 21 heavy (non-hydrogen) atoms. The highest BCUT2D eigenvalue weighted by atomic mass is 15.4. The van der Waals surface area contributed by atoms with Crippen molar-refractivity contribution in [1.82, 2.24) is 24.7 Å². The van der Waals surface area contributed by atoms with E-state index in [4.69, 9.17) is 0 Å². The van der Waals surface area contributed by atoms with E-state index in [9.17, 15) is 0 Å². The zero-order chi connectivity index (χ0) is 15.2. The number of rotatable bonds is 7. The molecular weight excluding hydrogens is 266 g/mol. The molecule has 0 atom stereocenters. The molecule has 2 rings (SSSR count). The van der Waals surface area contributed by atoms with Gasteiger partial charge in [0.25, 0.3) is 5.95 Å². The van der Waals surface area contributed by atoms with E-state index in [1.807, 2.05) is 26.2 Å². The SMILES string of the molecule is CCNc1nc(N(C)CCC(C)C)nc(-n2cccn2)n1. The molecule has 0 radical (unpaired) electrons. The number of nitrogens with zero attached hydrogens (tertiary/aromatic N) is 6. The van der Waals surface area contributed by atoms with Crippen LogP contribution in [-0.4, -0.2) is 44.9 Å². The molecule has 0 aliphatic heterocycles. The fourth-order valence-corrected chi connectivity index (χ4v) is 1.80. The predicted molar refractivity (Wildman–Crippen MR) is 83.8 cm³/mol. The first kappa shape index (κ1) is 15.2. The van der Waals surface area contributed by atoms with Crippen LogP contribution in [0.3, 0.4) is 0 Å². The van der Waals surface area contributed by atoms with Gasteiger partial charge in [-0.2, -0.15) is 20.1 Å². The summed E-state index contributed by atoms with van der Waals surface area (Å²) in [4.78, 5) is 15.4. The molecule has 0 aliphatic carbocycles. The van der Waals surface area contributed by atoms with Gasteiger partial charge in [0, 0.05) is 32.5 Å². The lowest BCUT2D eigenvalue weighted by molar-refractivity contribution is 0.581. The highest BCUT2D eigenvalue weighted by molar-refractivity contribution is 5.39. The zero-order valence-corrected chi connectivity index (χ0v) is 13.1. The van der Waals surface area contributed by atoms with E-state index in [1.165, 1.54) is 0 Å². The van der Waals surface area contributed by atoms with Gasteiger partial charge < -0.3 is 10.2 Å². The molecule has 0 saturated carbocycles. The Bertz CT molecular complexity index is 550. The first-order chi connectivity index (χ1) is 10.1. The number of nitrogens with one attached hydrogen (secondary N) is 1. The largest absolute Gasteiger partial charge is 0.354 e. The van der Waals surface area contributed by atoms with Crippen LogP contribution in [0.4, 0.5) is 11.9 Å². The van der Waals surface area contributed by atoms with Gasteiger partial charge in [0.15, 0.2) is 0 Å². The lowest BCUT2D eigenvalue weighted by Crippen LogP contribution is -2.24. The average molecular weight is 289 g/mol. The van der Waals surface area contributed by atoms with Crippen molar-refractivity contribution >= 4 is 11.9 Å². The smallest absolute Gasteiger partial charge is 0.257 e. The fourth-order valence-electron chi connectivity index (χ4n) is 1.80. The Morgan fingerprint density at radius 2 is 2.10 bits per heavy atom. The van der Waals surface area contributed by atoms with Crippen LogP contribution in [0.25, 0.3) is 5.95 Å². The minimum atomic E-state index is 0.525. The van der Waals surface area contributed by atoms with Crippen LogP contribution in [0.1, 0.15) is 27.2 Å². The number of aromatic nitrogens is 5. The molecule has 114 valence electrons. The molecule has 2 aromatic rings. The summed E-state index contributed by atoms with van der Waals surface area (Å²) in [6.45, 7) is 8.10. The van der Waals surface area contributed by atoms with Crippen molar-refractivity contribution in [3.8, 4) is 5.95 Å². The Hall–Kier alpha value is -2.18. The van der Waals surface area contributed by atoms with Crippen LogP contribution in [0, 0.1) is 5.92 Å². The molecule has 2 aromatic heterocycles. The third-order valence-electron chi connectivity index (χ3n) is 3.04. The van der Waals surface area contributed by atoms with Gasteiger partial charge >= 0.3 is 0 Å². The molecule has 0 saturated heterocycles. The molecule has 0 amide bonds. The fraction of sp³-hybridized carbons (Fsp3) is 0.571. The summed E-state index contributed by atoms with van der Waals surface area (Å²) in [5, 5.41) is 7.32. The molecule has 7 heteroatoms. The quantitative estimate of drug-likeness (QED) is 0.840. The summed E-state index contributed by atoms with van der Waals surface area (Å²) in [6, 6.07) is 1.85. The Balaban J connectivity index is 2.27. The van der Waals surface area contributed by atoms with Crippen molar-refractivity contribution in [2.45, 2.75) is 27.2 Å². The van der Waals surface area contributed by atoms with Crippen LogP contribution in [-0.2, 0) is 0 Å². The highest BCUT2D eigenvalue weighted by Gasteiger charge is 2.12. The van der Waals surface area contributed by atoms with Crippen molar-refractivity contribution in [3.05, 3.63) is 18.5 Å². The molecule has 0 unspecified atom stereocenters. The maximum Gasteiger partial charge on any atom is 0.257 e. The second-order valence-electron chi connectivity index (χ2n) is 5.34. The monoisotopic (exact) mass is 289 g/mol. The number of hydrogen-bond acceptors (Lipinski definition) is 6. The van der Waals surface area contributed by atoms with Crippen LogP contribution in [0.15, 0.2) is 18.5 Å². The van der Waals surface area contributed by atoms with E-state index in [0.717, 1.165) is 19.5 Å². The van der Waals surface area contributed by atoms with Crippen LogP contribution < -0.4 is 10.2 Å². The van der Waals surface area contributed by atoms with Gasteiger partial charge in [0.1, 0.15) is 0 Å². The van der Waals surface area contributed by atoms with Crippen molar-refractivity contribution in [2.24, 2.45) is 5.92 Å². The summed E-state index contributed by atoms with van der Waals surface area (Å²) in [5.74, 6) is 2.40. The number of anilines is 2. The standard InChI is InChI=1S/C14H23N7/c1-5-15-12-17-13(20(4)10-7-11(2)3)19-14(18-12)21-9-6-8-16-21/h6,8-9,11H,5,7,10H2,1-4H3,(H,15,17,18,19). The van der Waals surface area contributed by atoms with Gasteiger partial charge in [-0.05, 0) is 25.3 Å². The summed E-state index contributed by atoms with van der Waals surface area (Å²) < 4.78 is 1.64. The molecule has 2 heterocycles. The maximum absolute atomic E-state index is 4.50. The predicted octanol–water partition coefficient (Wildman–Crippen LogP) is 1.97. The van der Waals surface area contributed by atoms with Gasteiger partial charge in [-0.25, -0.2) is 4.68 Å². The van der Waals surface area contributed by atoms with Crippen molar-refractivity contribution in [2.75, 3.05) is 30.4 Å². The summed E-state index contributed by atoms with van der Waals surface area (Å²) in [7, 11) is 2.00. The van der Waals surface area contributed by atoms with E-state index in [2.05, 4.69) is 44.1 Å². The Kier molecular flexibility index (Phi) is 5.08. The normalized spacial score (nSPS) is 10.9. The lowest BCUT2D eigenvalue weighted by Gasteiger charge is -2.19. The third kappa shape index (κ3) is 4.14. The lowest BCUT2D eigenvalue weighted by atomic mass is 10.1. The summed E-state index contributed by atoms with van der Waals surface area (Å²) in [6.07, 6.45) is 4.62. The Morgan fingerprint density at radius 3 is 2.71 bits per heavy atom. The van der Waals surface area contributed by atoms with E-state index in [1.54, 1.807) is 10.9 Å². The second kappa shape index (κ2) is 7.01. The Morgan fingerprint density at radius 1 is 1.29 bits per heavy atom. The molecule has 7 nitrogen and oxygen atoms in total. The first-order valence-electron chi connectivity index (χ1n) is 7.31. The summed E-state index contributed by atoms with van der Waals surface area (Å²) in [5.41, 5.74) is 0. The Labute approximate surface area is 125 Å². The van der Waals surface area contributed by atoms with Gasteiger partial charge in [0.05, 0.1) is 0 Å². The van der Waals surface area contributed by atoms with Crippen molar-refractivity contribution < 1.29 is 0 Å². The molecule has 0 aliphatic rings. The van der Waals surface area contributed by atoms with E-state index in [0.29, 0.717) is 23.8 Å². The second-order valence-corrected chi connectivity index (χ2v) is 5.34. The molecule has 0 fully saturated rings. The van der Waals surface area contributed by atoms with Crippen molar-refractivity contribution in [3.63, 3.8) is 0 Å². The van der Waals surface area contributed by atoms with Gasteiger partial charge in [-0.1, -0.05) is 13.8 Å². The molecule has 0 aromatic carbocycles. The van der Waals surface area contributed by atoms with Crippen molar-refractivity contribution in [1.29, 1.82) is 0 Å². The van der Waals surface area contributed by atoms with Gasteiger partial charge in [0.2, 0.25) is 11.9 Å². The minimum Gasteiger partial charge on any atom is -0.354 e. The van der Waals surface area contributed by atoms with Gasteiger partial charge in [-0.15, -0.1) is 0 Å². The molecular formula is C14H23N7. The van der Waals surface area contributed by atoms with Gasteiger partial charge in [-0.3, -0.25) is 0 Å². The minimum absolute atomic E-state index is 0.525. The topological polar surface area (TPSA) is 71.8 Å². The summed E-state index contributed by atoms with van der Waals surface area (Å²) >= 11 is 0. The zero-order valence-electron chi connectivity index (χ0n) is 13.1. The highest BCUT2D eigenvalue weighted by Crippen LogP contribution is 2.13. The van der Waals surface area contributed by atoms with E-state index >= 15 is 0 Å². The van der Waals surface area contributed by atoms with Crippen LogP contribution in [0.5, 0.6) is 0 Å². The number of hydrogen-bond donors (Lipinski definition) is 1. The molecule has 1 N–H and O–H groups in total.